The summed E-state index contributed by atoms with van der Waals surface area (Å²) in [5.74, 6) is 1.02. The van der Waals surface area contributed by atoms with Gasteiger partial charge in [-0.15, -0.1) is 0 Å². The molecule has 0 aromatic carbocycles. The van der Waals surface area contributed by atoms with E-state index in [1.165, 1.54) is 19.3 Å². The highest BCUT2D eigenvalue weighted by Crippen LogP contribution is 2.45. The second-order valence-electron chi connectivity index (χ2n) is 5.82. The predicted octanol–water partition coefficient (Wildman–Crippen LogP) is 1.29. The third-order valence-corrected chi connectivity index (χ3v) is 4.49. The Hall–Kier alpha value is -0.980. The van der Waals surface area contributed by atoms with E-state index in [4.69, 9.17) is 9.47 Å². The van der Waals surface area contributed by atoms with Crippen LogP contribution in [-0.4, -0.2) is 47.2 Å². The van der Waals surface area contributed by atoms with Crippen LogP contribution < -0.4 is 5.32 Å². The minimum Gasteiger partial charge on any atom is -0.383 e. The van der Waals surface area contributed by atoms with Gasteiger partial charge >= 0.3 is 0 Å². The van der Waals surface area contributed by atoms with E-state index in [1.807, 2.05) is 0 Å². The number of nitrogens with zero attached hydrogens (tertiary/aromatic N) is 3. The lowest BCUT2D eigenvalue weighted by molar-refractivity contribution is -0.141. The molecule has 2 aliphatic rings. The fourth-order valence-electron chi connectivity index (χ4n) is 3.21. The topological polar surface area (TPSA) is 61.2 Å². The van der Waals surface area contributed by atoms with Crippen LogP contribution in [0, 0.1) is 0 Å². The van der Waals surface area contributed by atoms with Gasteiger partial charge in [-0.1, -0.05) is 0 Å². The largest absolute Gasteiger partial charge is 0.383 e. The highest BCUT2D eigenvalue weighted by Gasteiger charge is 2.43. The summed E-state index contributed by atoms with van der Waals surface area (Å²) in [5.41, 5.74) is 0.148. The van der Waals surface area contributed by atoms with Crippen LogP contribution in [0.1, 0.15) is 44.0 Å². The van der Waals surface area contributed by atoms with Gasteiger partial charge in [-0.2, -0.15) is 5.10 Å². The van der Waals surface area contributed by atoms with Crippen molar-refractivity contribution in [2.45, 2.75) is 50.3 Å². The van der Waals surface area contributed by atoms with Crippen molar-refractivity contribution < 1.29 is 9.47 Å². The molecule has 3 rings (SSSR count). The molecule has 1 unspecified atom stereocenters. The Morgan fingerprint density at radius 2 is 2.45 bits per heavy atom. The van der Waals surface area contributed by atoms with Crippen molar-refractivity contribution in [2.75, 3.05) is 26.9 Å². The molecule has 1 aromatic heterocycles. The van der Waals surface area contributed by atoms with Gasteiger partial charge in [-0.05, 0) is 32.1 Å². The number of ether oxygens (including phenoxy) is 2. The summed E-state index contributed by atoms with van der Waals surface area (Å²) in [4.78, 5) is 4.39. The predicted molar refractivity (Wildman–Crippen MR) is 74.4 cm³/mol. The molecule has 1 spiro atoms. The van der Waals surface area contributed by atoms with E-state index in [0.29, 0.717) is 12.6 Å². The molecule has 0 bridgehead atoms. The second-order valence-corrected chi connectivity index (χ2v) is 5.82. The smallest absolute Gasteiger partial charge is 0.141 e. The molecular weight excluding hydrogens is 256 g/mol. The Morgan fingerprint density at radius 1 is 1.55 bits per heavy atom. The van der Waals surface area contributed by atoms with Crippen LogP contribution in [0.2, 0.25) is 0 Å². The van der Waals surface area contributed by atoms with Gasteiger partial charge in [0, 0.05) is 20.3 Å². The molecule has 1 saturated heterocycles. The van der Waals surface area contributed by atoms with Crippen LogP contribution in [0.5, 0.6) is 0 Å². The Bertz CT molecular complexity index is 431. The highest BCUT2D eigenvalue weighted by molar-refractivity contribution is 4.97. The van der Waals surface area contributed by atoms with Gasteiger partial charge in [0.25, 0.3) is 0 Å². The molecule has 6 nitrogen and oxygen atoms in total. The molecular formula is C14H24N4O2. The SMILES string of the molecule is COCCNCc1ncnn1C1CCOC2(CCC2)C1. The molecule has 2 heterocycles. The first-order valence-corrected chi connectivity index (χ1v) is 7.55. The summed E-state index contributed by atoms with van der Waals surface area (Å²) >= 11 is 0. The van der Waals surface area contributed by atoms with Crippen LogP contribution >= 0.6 is 0 Å². The fourth-order valence-corrected chi connectivity index (χ4v) is 3.21. The lowest BCUT2D eigenvalue weighted by atomic mass is 9.74. The van der Waals surface area contributed by atoms with Crippen LogP contribution in [0.3, 0.4) is 0 Å². The maximum Gasteiger partial charge on any atom is 0.141 e. The van der Waals surface area contributed by atoms with E-state index in [1.54, 1.807) is 13.4 Å². The number of methoxy groups -OCH3 is 1. The number of aromatic nitrogens is 3. The molecule has 1 N–H and O–H groups in total. The van der Waals surface area contributed by atoms with Gasteiger partial charge in [0.1, 0.15) is 12.2 Å². The maximum absolute atomic E-state index is 5.99. The van der Waals surface area contributed by atoms with Gasteiger partial charge in [-0.3, -0.25) is 0 Å². The molecule has 0 amide bonds. The van der Waals surface area contributed by atoms with Crippen molar-refractivity contribution in [1.82, 2.24) is 20.1 Å². The third-order valence-electron chi connectivity index (χ3n) is 4.49. The standard InChI is InChI=1S/C14H24N4O2/c1-19-8-6-15-10-13-16-11-17-18(13)12-3-7-20-14(9-12)4-2-5-14/h11-12,15H,2-10H2,1H3. The van der Waals surface area contributed by atoms with Gasteiger partial charge in [0.2, 0.25) is 0 Å². The van der Waals surface area contributed by atoms with Crippen LogP contribution in [0.4, 0.5) is 0 Å². The summed E-state index contributed by atoms with van der Waals surface area (Å²) in [5, 5.41) is 7.78. The van der Waals surface area contributed by atoms with Crippen LogP contribution in [0.25, 0.3) is 0 Å². The summed E-state index contributed by atoms with van der Waals surface area (Å²) in [6, 6.07) is 0.436. The first kappa shape index (κ1) is 14.0. The first-order chi connectivity index (χ1) is 9.83. The zero-order valence-corrected chi connectivity index (χ0v) is 12.2. The molecule has 2 fully saturated rings. The summed E-state index contributed by atoms with van der Waals surface area (Å²) in [6.45, 7) is 3.14. The summed E-state index contributed by atoms with van der Waals surface area (Å²) < 4.78 is 13.1. The summed E-state index contributed by atoms with van der Waals surface area (Å²) in [7, 11) is 1.71. The highest BCUT2D eigenvalue weighted by atomic mass is 16.5. The van der Waals surface area contributed by atoms with Crippen molar-refractivity contribution in [3.05, 3.63) is 12.2 Å². The molecule has 1 aliphatic heterocycles. The average Bonchev–Trinajstić information content (AvgIpc) is 2.90. The summed E-state index contributed by atoms with van der Waals surface area (Å²) in [6.07, 6.45) is 7.50. The van der Waals surface area contributed by atoms with E-state index < -0.39 is 0 Å². The van der Waals surface area contributed by atoms with Crippen molar-refractivity contribution in [3.63, 3.8) is 0 Å². The average molecular weight is 280 g/mol. The van der Waals surface area contributed by atoms with Crippen molar-refractivity contribution in [2.24, 2.45) is 0 Å². The van der Waals surface area contributed by atoms with Gasteiger partial charge in [0.15, 0.2) is 0 Å². The molecule has 1 aliphatic carbocycles. The third kappa shape index (κ3) is 2.87. The van der Waals surface area contributed by atoms with E-state index >= 15 is 0 Å². The lowest BCUT2D eigenvalue weighted by Gasteiger charge is -2.47. The number of nitrogens with one attached hydrogen (secondary N) is 1. The molecule has 20 heavy (non-hydrogen) atoms. The molecule has 6 heteroatoms. The molecule has 0 radical (unpaired) electrons. The number of hydrogen-bond acceptors (Lipinski definition) is 5. The second kappa shape index (κ2) is 6.20. The van der Waals surface area contributed by atoms with Crippen LogP contribution in [0.15, 0.2) is 6.33 Å². The normalized spacial score (nSPS) is 24.8. The molecule has 1 aromatic rings. The van der Waals surface area contributed by atoms with E-state index in [0.717, 1.165) is 38.4 Å². The number of hydrogen-bond donors (Lipinski definition) is 1. The first-order valence-electron chi connectivity index (χ1n) is 7.55. The van der Waals surface area contributed by atoms with Gasteiger partial charge in [0.05, 0.1) is 24.8 Å². The molecule has 112 valence electrons. The quantitative estimate of drug-likeness (QED) is 0.796. The van der Waals surface area contributed by atoms with Crippen LogP contribution in [-0.2, 0) is 16.0 Å². The Labute approximate surface area is 119 Å². The van der Waals surface area contributed by atoms with Crippen molar-refractivity contribution in [3.8, 4) is 0 Å². The fraction of sp³-hybridized carbons (Fsp3) is 0.857. The van der Waals surface area contributed by atoms with Gasteiger partial charge in [-0.25, -0.2) is 9.67 Å². The Kier molecular flexibility index (Phi) is 4.33. The van der Waals surface area contributed by atoms with Gasteiger partial charge < -0.3 is 14.8 Å². The van der Waals surface area contributed by atoms with Crippen molar-refractivity contribution in [1.29, 1.82) is 0 Å². The molecule has 1 saturated carbocycles. The minimum absolute atomic E-state index is 0.148. The Balaban J connectivity index is 1.60. The zero-order valence-electron chi connectivity index (χ0n) is 12.2. The maximum atomic E-state index is 5.99. The lowest BCUT2D eigenvalue weighted by Crippen LogP contribution is -2.46. The Morgan fingerprint density at radius 3 is 3.20 bits per heavy atom. The van der Waals surface area contributed by atoms with E-state index in [-0.39, 0.29) is 5.60 Å². The number of rotatable bonds is 6. The minimum atomic E-state index is 0.148. The van der Waals surface area contributed by atoms with Crippen molar-refractivity contribution >= 4 is 0 Å². The van der Waals surface area contributed by atoms with E-state index in [9.17, 15) is 0 Å². The molecule has 1 atom stereocenters. The monoisotopic (exact) mass is 280 g/mol. The zero-order chi connectivity index (χ0) is 13.8. The van der Waals surface area contributed by atoms with E-state index in [2.05, 4.69) is 20.1 Å².